The van der Waals surface area contributed by atoms with Crippen LogP contribution in [0.1, 0.15) is 20.3 Å². The molecule has 1 aliphatic heterocycles. The molecule has 1 saturated heterocycles. The number of hydrogen-bond acceptors (Lipinski definition) is 2. The number of piperazine rings is 1. The van der Waals surface area contributed by atoms with Crippen molar-refractivity contribution in [1.29, 1.82) is 0 Å². The van der Waals surface area contributed by atoms with Gasteiger partial charge in [-0.25, -0.2) is 22.0 Å². The molecule has 0 amide bonds. The van der Waals surface area contributed by atoms with E-state index in [4.69, 9.17) is 0 Å². The maximum Gasteiger partial charge on any atom is 0.200 e. The van der Waals surface area contributed by atoms with E-state index in [2.05, 4.69) is 5.32 Å². The highest BCUT2D eigenvalue weighted by Crippen LogP contribution is 2.32. The summed E-state index contributed by atoms with van der Waals surface area (Å²) in [7, 11) is 0. The molecule has 0 aromatic heterocycles. The average Bonchev–Trinajstić information content (AvgIpc) is 2.45. The zero-order chi connectivity index (χ0) is 15.0. The summed E-state index contributed by atoms with van der Waals surface area (Å²) in [6, 6.07) is -0.424. The maximum absolute atomic E-state index is 13.8. The molecule has 1 aliphatic rings. The Morgan fingerprint density at radius 2 is 1.50 bits per heavy atom. The Hall–Kier alpha value is -1.37. The number of halogens is 5. The zero-order valence-electron chi connectivity index (χ0n) is 11.1. The Labute approximate surface area is 113 Å². The molecule has 0 bridgehead atoms. The molecule has 0 spiro atoms. The third kappa shape index (κ3) is 2.34. The maximum atomic E-state index is 13.8. The molecule has 2 unspecified atom stereocenters. The molecule has 1 fully saturated rings. The highest BCUT2D eigenvalue weighted by atomic mass is 19.2. The molecule has 1 heterocycles. The predicted octanol–water partition coefficient (Wildman–Crippen LogP) is 2.96. The second-order valence-corrected chi connectivity index (χ2v) is 4.93. The van der Waals surface area contributed by atoms with E-state index in [9.17, 15) is 22.0 Å². The molecule has 1 aromatic rings. The van der Waals surface area contributed by atoms with E-state index in [0.29, 0.717) is 13.0 Å². The van der Waals surface area contributed by atoms with Crippen LogP contribution in [0.2, 0.25) is 0 Å². The van der Waals surface area contributed by atoms with Crippen LogP contribution in [0.15, 0.2) is 0 Å². The van der Waals surface area contributed by atoms with Gasteiger partial charge in [-0.3, -0.25) is 0 Å². The fourth-order valence-corrected chi connectivity index (χ4v) is 2.36. The van der Waals surface area contributed by atoms with Crippen LogP contribution in [-0.4, -0.2) is 25.2 Å². The fourth-order valence-electron chi connectivity index (χ4n) is 2.36. The lowest BCUT2D eigenvalue weighted by molar-refractivity contribution is 0.358. The number of hydrogen-bond donors (Lipinski definition) is 1. The van der Waals surface area contributed by atoms with Gasteiger partial charge in [0, 0.05) is 25.2 Å². The standard InChI is InChI=1S/C13H15F5N2/c1-3-7-5-20(6(2)4-19-7)13-11(17)9(15)8(14)10(16)12(13)18/h6-7,19H,3-5H2,1-2H3. The smallest absolute Gasteiger partial charge is 0.200 e. The van der Waals surface area contributed by atoms with E-state index in [1.54, 1.807) is 6.92 Å². The Morgan fingerprint density at radius 1 is 1.00 bits per heavy atom. The van der Waals surface area contributed by atoms with Gasteiger partial charge in [0.1, 0.15) is 5.69 Å². The van der Waals surface area contributed by atoms with E-state index in [1.165, 1.54) is 4.90 Å². The third-order valence-electron chi connectivity index (χ3n) is 3.62. The van der Waals surface area contributed by atoms with Crippen LogP contribution >= 0.6 is 0 Å². The topological polar surface area (TPSA) is 15.3 Å². The Kier molecular flexibility index (Phi) is 4.17. The van der Waals surface area contributed by atoms with Crippen molar-refractivity contribution >= 4 is 5.69 Å². The molecular weight excluding hydrogens is 279 g/mol. The largest absolute Gasteiger partial charge is 0.361 e. The molecule has 0 radical (unpaired) electrons. The minimum atomic E-state index is -2.13. The first-order valence-electron chi connectivity index (χ1n) is 6.39. The molecule has 0 aliphatic carbocycles. The first kappa shape index (κ1) is 15.0. The molecule has 2 rings (SSSR count). The summed E-state index contributed by atoms with van der Waals surface area (Å²) >= 11 is 0. The summed E-state index contributed by atoms with van der Waals surface area (Å²) in [4.78, 5) is 1.24. The lowest BCUT2D eigenvalue weighted by Crippen LogP contribution is -2.56. The fraction of sp³-hybridized carbons (Fsp3) is 0.538. The van der Waals surface area contributed by atoms with Crippen LogP contribution in [0, 0.1) is 29.1 Å². The van der Waals surface area contributed by atoms with Gasteiger partial charge in [-0.15, -0.1) is 0 Å². The van der Waals surface area contributed by atoms with Gasteiger partial charge in [0.05, 0.1) is 0 Å². The Bertz CT molecular complexity index is 491. The number of nitrogens with zero attached hydrogens (tertiary/aromatic N) is 1. The summed E-state index contributed by atoms with van der Waals surface area (Å²) in [6.45, 7) is 4.15. The normalized spacial score (nSPS) is 23.2. The second-order valence-electron chi connectivity index (χ2n) is 4.93. The molecule has 2 nitrogen and oxygen atoms in total. The van der Waals surface area contributed by atoms with Crippen LogP contribution in [0.3, 0.4) is 0 Å². The number of nitrogens with one attached hydrogen (secondary N) is 1. The summed E-state index contributed by atoms with van der Waals surface area (Å²) < 4.78 is 67.2. The van der Waals surface area contributed by atoms with Gasteiger partial charge in [0.25, 0.3) is 0 Å². The van der Waals surface area contributed by atoms with Crippen molar-refractivity contribution in [2.75, 3.05) is 18.0 Å². The Balaban J connectivity index is 2.51. The number of benzene rings is 1. The molecule has 112 valence electrons. The van der Waals surface area contributed by atoms with Gasteiger partial charge >= 0.3 is 0 Å². The molecule has 20 heavy (non-hydrogen) atoms. The van der Waals surface area contributed by atoms with Crippen LogP contribution in [0.5, 0.6) is 0 Å². The van der Waals surface area contributed by atoms with Crippen molar-refractivity contribution < 1.29 is 22.0 Å². The van der Waals surface area contributed by atoms with Gasteiger partial charge in [0.2, 0.25) is 5.82 Å². The average molecular weight is 294 g/mol. The first-order chi connectivity index (χ1) is 9.38. The molecule has 2 atom stereocenters. The SMILES string of the molecule is CCC1CN(c2c(F)c(F)c(F)c(F)c2F)C(C)CN1. The summed E-state index contributed by atoms with van der Waals surface area (Å²) in [5.74, 6) is -9.48. The van der Waals surface area contributed by atoms with Crippen LogP contribution in [0.4, 0.5) is 27.6 Å². The van der Waals surface area contributed by atoms with E-state index in [-0.39, 0.29) is 18.6 Å². The first-order valence-corrected chi connectivity index (χ1v) is 6.39. The van der Waals surface area contributed by atoms with Gasteiger partial charge in [-0.2, -0.15) is 0 Å². The minimum Gasteiger partial charge on any atom is -0.361 e. The minimum absolute atomic E-state index is 0.0545. The lowest BCUT2D eigenvalue weighted by Gasteiger charge is -2.40. The van der Waals surface area contributed by atoms with Gasteiger partial charge in [-0.1, -0.05) is 6.92 Å². The van der Waals surface area contributed by atoms with E-state index in [1.807, 2.05) is 6.92 Å². The quantitative estimate of drug-likeness (QED) is 0.512. The molecular formula is C13H15F5N2. The summed E-state index contributed by atoms with van der Waals surface area (Å²) in [6.07, 6.45) is 0.693. The van der Waals surface area contributed by atoms with Crippen molar-refractivity contribution in [3.63, 3.8) is 0 Å². The zero-order valence-corrected chi connectivity index (χ0v) is 11.1. The number of rotatable bonds is 2. The van der Waals surface area contributed by atoms with Crippen molar-refractivity contribution in [3.8, 4) is 0 Å². The van der Waals surface area contributed by atoms with Crippen LogP contribution in [0.25, 0.3) is 0 Å². The summed E-state index contributed by atoms with van der Waals surface area (Å²) in [5, 5.41) is 3.15. The van der Waals surface area contributed by atoms with E-state index >= 15 is 0 Å². The van der Waals surface area contributed by atoms with Gasteiger partial charge in [-0.05, 0) is 13.3 Å². The lowest BCUT2D eigenvalue weighted by atomic mass is 10.1. The van der Waals surface area contributed by atoms with E-state index in [0.717, 1.165) is 0 Å². The monoisotopic (exact) mass is 294 g/mol. The Morgan fingerprint density at radius 3 is 2.00 bits per heavy atom. The van der Waals surface area contributed by atoms with Crippen LogP contribution < -0.4 is 10.2 Å². The highest BCUT2D eigenvalue weighted by Gasteiger charge is 2.33. The van der Waals surface area contributed by atoms with Crippen LogP contribution in [-0.2, 0) is 0 Å². The molecule has 1 N–H and O–H groups in total. The number of anilines is 1. The highest BCUT2D eigenvalue weighted by molar-refractivity contribution is 5.52. The molecule has 7 heteroatoms. The summed E-state index contributed by atoms with van der Waals surface area (Å²) in [5.41, 5.74) is -0.839. The van der Waals surface area contributed by atoms with Crippen molar-refractivity contribution in [3.05, 3.63) is 29.1 Å². The van der Waals surface area contributed by atoms with Gasteiger partial charge < -0.3 is 10.2 Å². The molecule has 1 aromatic carbocycles. The van der Waals surface area contributed by atoms with Crippen molar-refractivity contribution in [2.45, 2.75) is 32.4 Å². The van der Waals surface area contributed by atoms with Crippen molar-refractivity contribution in [1.82, 2.24) is 5.32 Å². The van der Waals surface area contributed by atoms with Gasteiger partial charge in [0.15, 0.2) is 23.3 Å². The van der Waals surface area contributed by atoms with Crippen molar-refractivity contribution in [2.24, 2.45) is 0 Å². The molecule has 0 saturated carbocycles. The predicted molar refractivity (Wildman–Crippen MR) is 65.1 cm³/mol. The van der Waals surface area contributed by atoms with E-state index < -0.39 is 34.8 Å². The second kappa shape index (κ2) is 5.55. The third-order valence-corrected chi connectivity index (χ3v) is 3.62.